The molecule has 2 aliphatic carbocycles. The SMILES string of the molecule is CC1CCC(Oc2ccc3c(C=O)cccc3c2C(F)(F)F)CC1.COC(=O)C[C@H]1CCCN(Cc2cccc3c(C(F)(F)F)c(OC4CCC(C)CC4)ccc23)C1.COC(=O)C[C@H]1CCCNC1.Cl. The average molecular weight is 1010 g/mol. The Balaban J connectivity index is 0.000000219. The first-order chi connectivity index (χ1) is 33.0. The number of methoxy groups -OCH3 is 2. The fraction of sp³-hybridized carbons (Fsp3) is 0.574. The standard InChI is InChI=1S/C27H34F3NO3.C19H19F3O2.C8H15NO2.ClH/c1-18-8-10-21(11-9-18)34-24-13-12-22-20(6-3-7-23(22)26(24)27(28,29)30)17-31-14-4-5-19(16-31)15-25(32)33-2;1-12-5-7-14(8-6-12)24-17-10-9-15-13(11-23)3-2-4-16(15)18(17)19(20,21)22;1-11-8(10)5-7-3-2-4-9-6-7;/h3,6-7,12-13,18-19,21H,4-5,8-11,14-17H2,1-2H3;2-4,9-12,14H,5-8H2,1H3;7,9H,2-6H2,1H3;1H/t18?,19-,21?;;7-;/m1.1./s1. The van der Waals surface area contributed by atoms with E-state index in [-0.39, 0.29) is 70.3 Å². The molecule has 4 aromatic carbocycles. The summed E-state index contributed by atoms with van der Waals surface area (Å²) in [5.74, 6) is 1.40. The Labute approximate surface area is 414 Å². The summed E-state index contributed by atoms with van der Waals surface area (Å²) in [6, 6.07) is 15.7. The molecule has 0 unspecified atom stereocenters. The summed E-state index contributed by atoms with van der Waals surface area (Å²) in [5.41, 5.74) is -0.356. The van der Waals surface area contributed by atoms with Crippen molar-refractivity contribution in [3.8, 4) is 11.5 Å². The first kappa shape index (κ1) is 56.3. The molecule has 4 fully saturated rings. The molecule has 2 aliphatic heterocycles. The number of hydrogen-bond acceptors (Lipinski definition) is 9. The van der Waals surface area contributed by atoms with E-state index in [0.29, 0.717) is 54.2 Å². The van der Waals surface area contributed by atoms with E-state index in [1.54, 1.807) is 18.2 Å². The van der Waals surface area contributed by atoms with E-state index in [1.807, 2.05) is 6.07 Å². The molecular weight excluding hydrogens is 938 g/mol. The van der Waals surface area contributed by atoms with E-state index in [0.717, 1.165) is 102 Å². The summed E-state index contributed by atoms with van der Waals surface area (Å²) in [5, 5.41) is 4.36. The fourth-order valence-electron chi connectivity index (χ4n) is 10.3. The van der Waals surface area contributed by atoms with Crippen LogP contribution in [0.4, 0.5) is 26.3 Å². The number of nitrogens with one attached hydrogen (secondary N) is 1. The van der Waals surface area contributed by atoms with Gasteiger partial charge in [-0.15, -0.1) is 12.4 Å². The fourth-order valence-corrected chi connectivity index (χ4v) is 10.3. The third kappa shape index (κ3) is 15.7. The van der Waals surface area contributed by atoms with Crippen molar-refractivity contribution in [3.05, 3.63) is 82.9 Å². The maximum Gasteiger partial charge on any atom is 0.420 e. The molecule has 0 aromatic heterocycles. The van der Waals surface area contributed by atoms with Crippen LogP contribution < -0.4 is 14.8 Å². The van der Waals surface area contributed by atoms with Crippen molar-refractivity contribution in [1.29, 1.82) is 0 Å². The zero-order chi connectivity index (χ0) is 49.7. The van der Waals surface area contributed by atoms with E-state index in [2.05, 4.69) is 28.8 Å². The average Bonchev–Trinajstić information content (AvgIpc) is 3.32. The highest BCUT2D eigenvalue weighted by molar-refractivity contribution is 6.00. The predicted molar refractivity (Wildman–Crippen MR) is 261 cm³/mol. The van der Waals surface area contributed by atoms with Crippen LogP contribution in [0.25, 0.3) is 21.5 Å². The molecule has 4 aliphatic rings. The highest BCUT2D eigenvalue weighted by Gasteiger charge is 2.39. The zero-order valence-corrected chi connectivity index (χ0v) is 41.5. The molecule has 0 spiro atoms. The van der Waals surface area contributed by atoms with Gasteiger partial charge < -0.3 is 24.3 Å². The molecule has 386 valence electrons. The molecule has 0 radical (unpaired) electrons. The van der Waals surface area contributed by atoms with Crippen molar-refractivity contribution in [2.45, 2.75) is 135 Å². The molecule has 0 bridgehead atoms. The maximum atomic E-state index is 14.3. The molecule has 8 rings (SSSR count). The van der Waals surface area contributed by atoms with Gasteiger partial charge in [0.25, 0.3) is 0 Å². The molecule has 2 heterocycles. The van der Waals surface area contributed by atoms with Crippen LogP contribution in [0.2, 0.25) is 0 Å². The minimum atomic E-state index is -4.54. The number of aldehydes is 1. The summed E-state index contributed by atoms with van der Waals surface area (Å²) in [6.45, 7) is 8.53. The number of carbonyl (C=O) groups excluding carboxylic acids is 3. The second-order valence-corrected chi connectivity index (χ2v) is 19.5. The van der Waals surface area contributed by atoms with Gasteiger partial charge in [0.15, 0.2) is 6.29 Å². The van der Waals surface area contributed by atoms with Gasteiger partial charge in [0.05, 0.1) is 26.4 Å². The summed E-state index contributed by atoms with van der Waals surface area (Å²) in [6.07, 6.45) is 3.39. The van der Waals surface area contributed by atoms with Crippen LogP contribution in [0.1, 0.15) is 131 Å². The van der Waals surface area contributed by atoms with E-state index in [4.69, 9.17) is 14.2 Å². The van der Waals surface area contributed by atoms with Gasteiger partial charge in [0.1, 0.15) is 22.6 Å². The van der Waals surface area contributed by atoms with E-state index >= 15 is 0 Å². The van der Waals surface area contributed by atoms with Crippen LogP contribution in [-0.2, 0) is 38.0 Å². The highest BCUT2D eigenvalue weighted by Crippen LogP contribution is 2.45. The topological polar surface area (TPSA) is 103 Å². The Hall–Kier alpha value is -4.60. The number of ether oxygens (including phenoxy) is 4. The van der Waals surface area contributed by atoms with E-state index in [9.17, 15) is 40.7 Å². The van der Waals surface area contributed by atoms with Gasteiger partial charge in [-0.05, 0) is 166 Å². The van der Waals surface area contributed by atoms with Gasteiger partial charge >= 0.3 is 24.3 Å². The Morgan fingerprint density at radius 3 is 1.64 bits per heavy atom. The number of piperidine rings is 2. The molecule has 4 aromatic rings. The Bertz CT molecular complexity index is 2320. The molecular formula is C54H69ClF6N2O7. The van der Waals surface area contributed by atoms with Crippen molar-refractivity contribution >= 4 is 52.2 Å². The van der Waals surface area contributed by atoms with E-state index in [1.165, 1.54) is 57.0 Å². The molecule has 16 heteroatoms. The monoisotopic (exact) mass is 1010 g/mol. The number of fused-ring (bicyclic) bond motifs is 2. The lowest BCUT2D eigenvalue weighted by Gasteiger charge is -2.32. The number of halogens is 7. The Kier molecular flexibility index (Phi) is 21.1. The minimum Gasteiger partial charge on any atom is -0.490 e. The van der Waals surface area contributed by atoms with Gasteiger partial charge in [0, 0.05) is 31.5 Å². The normalized spacial score (nSPS) is 23.1. The largest absolute Gasteiger partial charge is 0.490 e. The van der Waals surface area contributed by atoms with Gasteiger partial charge in [-0.25, -0.2) is 0 Å². The third-order valence-corrected chi connectivity index (χ3v) is 14.1. The first-order valence-electron chi connectivity index (χ1n) is 24.6. The van der Waals surface area contributed by atoms with Crippen molar-refractivity contribution in [3.63, 3.8) is 0 Å². The minimum absolute atomic E-state index is 0. The Morgan fingerprint density at radius 1 is 0.643 bits per heavy atom. The van der Waals surface area contributed by atoms with Crippen LogP contribution in [0, 0.1) is 23.7 Å². The maximum absolute atomic E-state index is 14.3. The van der Waals surface area contributed by atoms with Crippen molar-refractivity contribution in [2.24, 2.45) is 23.7 Å². The van der Waals surface area contributed by atoms with Gasteiger partial charge in [-0.1, -0.05) is 56.3 Å². The van der Waals surface area contributed by atoms with Crippen molar-refractivity contribution < 1.29 is 59.7 Å². The Morgan fingerprint density at radius 2 is 1.14 bits per heavy atom. The summed E-state index contributed by atoms with van der Waals surface area (Å²) >= 11 is 0. The lowest BCUT2D eigenvalue weighted by molar-refractivity contribution is -0.143. The summed E-state index contributed by atoms with van der Waals surface area (Å²) in [7, 11) is 2.84. The third-order valence-electron chi connectivity index (χ3n) is 14.1. The number of likely N-dealkylation sites (tertiary alicyclic amines) is 1. The second-order valence-electron chi connectivity index (χ2n) is 19.5. The first-order valence-corrected chi connectivity index (χ1v) is 24.6. The number of esters is 2. The second kappa shape index (κ2) is 26.2. The van der Waals surface area contributed by atoms with Crippen LogP contribution in [0.15, 0.2) is 60.7 Å². The van der Waals surface area contributed by atoms with Gasteiger partial charge in [-0.2, -0.15) is 26.3 Å². The lowest BCUT2D eigenvalue weighted by Crippen LogP contribution is -2.36. The number of nitrogens with zero attached hydrogens (tertiary/aromatic N) is 1. The summed E-state index contributed by atoms with van der Waals surface area (Å²) in [4.78, 5) is 35.8. The molecule has 9 nitrogen and oxygen atoms in total. The molecule has 1 N–H and O–H groups in total. The zero-order valence-electron chi connectivity index (χ0n) is 40.7. The van der Waals surface area contributed by atoms with Crippen molar-refractivity contribution in [2.75, 3.05) is 40.4 Å². The lowest BCUT2D eigenvalue weighted by atomic mass is 9.89. The number of carbonyl (C=O) groups is 3. The smallest absolute Gasteiger partial charge is 0.420 e. The van der Waals surface area contributed by atoms with Crippen LogP contribution in [0.5, 0.6) is 11.5 Å². The number of rotatable bonds is 11. The molecule has 2 atom stereocenters. The number of benzene rings is 4. The predicted octanol–water partition coefficient (Wildman–Crippen LogP) is 13.2. The molecule has 70 heavy (non-hydrogen) atoms. The molecule has 2 saturated heterocycles. The molecule has 0 amide bonds. The van der Waals surface area contributed by atoms with Crippen LogP contribution >= 0.6 is 12.4 Å². The highest BCUT2D eigenvalue weighted by atomic mass is 35.5. The van der Waals surface area contributed by atoms with Crippen molar-refractivity contribution in [1.82, 2.24) is 10.2 Å². The summed E-state index contributed by atoms with van der Waals surface area (Å²) < 4.78 is 105. The van der Waals surface area contributed by atoms with Gasteiger partial charge in [-0.3, -0.25) is 19.3 Å². The van der Waals surface area contributed by atoms with Crippen LogP contribution in [-0.4, -0.2) is 75.7 Å². The molecule has 2 saturated carbocycles. The van der Waals surface area contributed by atoms with Gasteiger partial charge in [0.2, 0.25) is 0 Å². The number of alkyl halides is 6. The van der Waals surface area contributed by atoms with Crippen LogP contribution in [0.3, 0.4) is 0 Å². The number of hydrogen-bond donors (Lipinski definition) is 1. The van der Waals surface area contributed by atoms with E-state index < -0.39 is 23.5 Å². The quantitative estimate of drug-likeness (QED) is 0.0894.